The van der Waals surface area contributed by atoms with Crippen LogP contribution in [-0.4, -0.2) is 23.7 Å². The number of allylic oxidation sites excluding steroid dienone is 1. The minimum absolute atomic E-state index is 0.288. The summed E-state index contributed by atoms with van der Waals surface area (Å²) in [6, 6.07) is 15.0. The molecule has 3 rings (SSSR count). The number of hydrogen-bond donors (Lipinski definition) is 1. The number of fused-ring (bicyclic) bond motifs is 1. The number of anilines is 1. The van der Waals surface area contributed by atoms with Crippen LogP contribution >= 0.6 is 0 Å². The third-order valence-electron chi connectivity index (χ3n) is 3.79. The molecule has 3 aromatic rings. The van der Waals surface area contributed by atoms with Crippen LogP contribution in [0.4, 0.5) is 5.82 Å². The summed E-state index contributed by atoms with van der Waals surface area (Å²) in [6.45, 7) is 2.45. The van der Waals surface area contributed by atoms with Crippen molar-refractivity contribution in [2.75, 3.05) is 19.5 Å². The lowest BCUT2D eigenvalue weighted by Gasteiger charge is -2.10. The van der Waals surface area contributed by atoms with Crippen LogP contribution < -0.4 is 15.2 Å². The monoisotopic (exact) mass is 346 g/mol. The molecular weight excluding hydrogens is 328 g/mol. The van der Waals surface area contributed by atoms with Gasteiger partial charge in [0.05, 0.1) is 24.8 Å². The first kappa shape index (κ1) is 17.2. The number of ether oxygens (including phenoxy) is 2. The molecule has 1 aromatic heterocycles. The van der Waals surface area contributed by atoms with Gasteiger partial charge in [0.15, 0.2) is 17.3 Å². The number of benzene rings is 2. The molecule has 0 atom stereocenters. The number of para-hydroxylation sites is 1. The van der Waals surface area contributed by atoms with Crippen LogP contribution in [0.25, 0.3) is 22.6 Å². The minimum Gasteiger partial charge on any atom is -0.493 e. The van der Waals surface area contributed by atoms with Crippen molar-refractivity contribution in [2.24, 2.45) is 0 Å². The SMILES string of the molecule is CCOc1ccc(/C=C(\C#N)c2nc(N)c3ccccc3n2)cc1OC. The molecule has 130 valence electrons. The molecule has 0 fully saturated rings. The fourth-order valence-corrected chi connectivity index (χ4v) is 2.58. The Kier molecular flexibility index (Phi) is 4.99. The van der Waals surface area contributed by atoms with E-state index in [1.54, 1.807) is 25.3 Å². The lowest BCUT2D eigenvalue weighted by Crippen LogP contribution is -2.00. The lowest BCUT2D eigenvalue weighted by atomic mass is 10.1. The standard InChI is InChI=1S/C20H18N4O2/c1-3-26-17-9-8-13(11-18(17)25-2)10-14(12-21)20-23-16-7-5-4-6-15(16)19(22)24-20/h4-11H,3H2,1-2H3,(H2,22,23,24)/b14-10+. The summed E-state index contributed by atoms with van der Waals surface area (Å²) in [5.41, 5.74) is 7.80. The van der Waals surface area contributed by atoms with Crippen molar-refractivity contribution in [2.45, 2.75) is 6.92 Å². The molecule has 0 amide bonds. The maximum Gasteiger partial charge on any atom is 0.172 e. The number of hydrogen-bond acceptors (Lipinski definition) is 6. The molecule has 26 heavy (non-hydrogen) atoms. The predicted molar refractivity (Wildman–Crippen MR) is 102 cm³/mol. The van der Waals surface area contributed by atoms with Crippen molar-refractivity contribution in [1.82, 2.24) is 9.97 Å². The van der Waals surface area contributed by atoms with Crippen LogP contribution in [0.5, 0.6) is 11.5 Å². The van der Waals surface area contributed by atoms with E-state index in [1.165, 1.54) is 0 Å². The van der Waals surface area contributed by atoms with E-state index < -0.39 is 0 Å². The molecule has 2 aromatic carbocycles. The second-order valence-corrected chi connectivity index (χ2v) is 5.46. The number of nitrogens with two attached hydrogens (primary N) is 1. The molecule has 0 radical (unpaired) electrons. The van der Waals surface area contributed by atoms with Gasteiger partial charge in [0.25, 0.3) is 0 Å². The first-order chi connectivity index (χ1) is 12.7. The molecule has 6 heteroatoms. The van der Waals surface area contributed by atoms with Gasteiger partial charge in [0.2, 0.25) is 0 Å². The van der Waals surface area contributed by atoms with Gasteiger partial charge < -0.3 is 15.2 Å². The highest BCUT2D eigenvalue weighted by Crippen LogP contribution is 2.30. The van der Waals surface area contributed by atoms with E-state index in [2.05, 4.69) is 16.0 Å². The quantitative estimate of drug-likeness (QED) is 0.708. The van der Waals surface area contributed by atoms with Gasteiger partial charge in [-0.05, 0) is 42.8 Å². The highest BCUT2D eigenvalue weighted by Gasteiger charge is 2.11. The Hall–Kier alpha value is -3.59. The molecular formula is C20H18N4O2. The van der Waals surface area contributed by atoms with Gasteiger partial charge in [-0.1, -0.05) is 18.2 Å². The number of aromatic nitrogens is 2. The van der Waals surface area contributed by atoms with E-state index in [4.69, 9.17) is 15.2 Å². The molecule has 0 unspecified atom stereocenters. The molecule has 0 aliphatic carbocycles. The summed E-state index contributed by atoms with van der Waals surface area (Å²) in [5, 5.41) is 10.3. The Morgan fingerprint density at radius 1 is 1.19 bits per heavy atom. The Bertz CT molecular complexity index is 1020. The van der Waals surface area contributed by atoms with Gasteiger partial charge in [-0.2, -0.15) is 5.26 Å². The molecule has 2 N–H and O–H groups in total. The average Bonchev–Trinajstić information content (AvgIpc) is 2.67. The van der Waals surface area contributed by atoms with Gasteiger partial charge >= 0.3 is 0 Å². The number of rotatable bonds is 5. The topological polar surface area (TPSA) is 94.0 Å². The molecule has 6 nitrogen and oxygen atoms in total. The second kappa shape index (κ2) is 7.53. The molecule has 0 spiro atoms. The Labute approximate surface area is 151 Å². The molecule has 0 saturated heterocycles. The van der Waals surface area contributed by atoms with Crippen molar-refractivity contribution in [1.29, 1.82) is 5.26 Å². The van der Waals surface area contributed by atoms with E-state index in [-0.39, 0.29) is 5.82 Å². The normalized spacial score (nSPS) is 11.2. The van der Waals surface area contributed by atoms with Gasteiger partial charge in [-0.25, -0.2) is 9.97 Å². The van der Waals surface area contributed by atoms with Crippen molar-refractivity contribution in [3.63, 3.8) is 0 Å². The largest absolute Gasteiger partial charge is 0.493 e. The molecule has 1 heterocycles. The minimum atomic E-state index is 0.288. The van der Waals surface area contributed by atoms with Crippen molar-refractivity contribution >= 4 is 28.4 Å². The number of nitriles is 1. The third-order valence-corrected chi connectivity index (χ3v) is 3.79. The van der Waals surface area contributed by atoms with E-state index in [0.29, 0.717) is 35.0 Å². The van der Waals surface area contributed by atoms with Crippen LogP contribution in [0.1, 0.15) is 18.3 Å². The molecule has 0 aliphatic heterocycles. The van der Waals surface area contributed by atoms with E-state index in [1.807, 2.05) is 37.3 Å². The zero-order chi connectivity index (χ0) is 18.5. The van der Waals surface area contributed by atoms with Crippen LogP contribution in [0.2, 0.25) is 0 Å². The zero-order valence-electron chi connectivity index (χ0n) is 14.6. The average molecular weight is 346 g/mol. The molecule has 0 bridgehead atoms. The number of nitrogens with zero attached hydrogens (tertiary/aromatic N) is 3. The first-order valence-corrected chi connectivity index (χ1v) is 8.11. The van der Waals surface area contributed by atoms with Crippen molar-refractivity contribution in [3.05, 3.63) is 53.9 Å². The summed E-state index contributed by atoms with van der Waals surface area (Å²) < 4.78 is 10.9. The van der Waals surface area contributed by atoms with E-state index in [0.717, 1.165) is 10.9 Å². The Morgan fingerprint density at radius 3 is 2.73 bits per heavy atom. The smallest absolute Gasteiger partial charge is 0.172 e. The Balaban J connectivity index is 2.05. The van der Waals surface area contributed by atoms with Gasteiger partial charge in [-0.3, -0.25) is 0 Å². The highest BCUT2D eigenvalue weighted by atomic mass is 16.5. The highest BCUT2D eigenvalue weighted by molar-refractivity contribution is 5.93. The van der Waals surface area contributed by atoms with Crippen LogP contribution in [0, 0.1) is 11.3 Å². The maximum absolute atomic E-state index is 9.57. The van der Waals surface area contributed by atoms with Gasteiger partial charge in [0.1, 0.15) is 11.9 Å². The third kappa shape index (κ3) is 3.42. The second-order valence-electron chi connectivity index (χ2n) is 5.46. The summed E-state index contributed by atoms with van der Waals surface area (Å²) >= 11 is 0. The van der Waals surface area contributed by atoms with E-state index >= 15 is 0 Å². The summed E-state index contributed by atoms with van der Waals surface area (Å²) in [7, 11) is 1.57. The lowest BCUT2D eigenvalue weighted by molar-refractivity contribution is 0.311. The fourth-order valence-electron chi connectivity index (χ4n) is 2.58. The van der Waals surface area contributed by atoms with Crippen molar-refractivity contribution < 1.29 is 9.47 Å². The number of methoxy groups -OCH3 is 1. The molecule has 0 aliphatic rings. The fraction of sp³-hybridized carbons (Fsp3) is 0.150. The summed E-state index contributed by atoms with van der Waals surface area (Å²) in [5.74, 6) is 1.88. The van der Waals surface area contributed by atoms with Crippen LogP contribution in [-0.2, 0) is 0 Å². The predicted octanol–water partition coefficient (Wildman–Crippen LogP) is 3.68. The zero-order valence-corrected chi connectivity index (χ0v) is 14.6. The van der Waals surface area contributed by atoms with Crippen LogP contribution in [0.15, 0.2) is 42.5 Å². The molecule has 0 saturated carbocycles. The van der Waals surface area contributed by atoms with Gasteiger partial charge in [0, 0.05) is 5.39 Å². The Morgan fingerprint density at radius 2 is 2.00 bits per heavy atom. The number of nitrogen functional groups attached to an aromatic ring is 1. The first-order valence-electron chi connectivity index (χ1n) is 8.11. The van der Waals surface area contributed by atoms with Crippen LogP contribution in [0.3, 0.4) is 0 Å². The summed E-state index contributed by atoms with van der Waals surface area (Å²) in [6.07, 6.45) is 1.70. The van der Waals surface area contributed by atoms with Crippen molar-refractivity contribution in [3.8, 4) is 17.6 Å². The maximum atomic E-state index is 9.57. The summed E-state index contributed by atoms with van der Waals surface area (Å²) in [4.78, 5) is 8.73. The van der Waals surface area contributed by atoms with E-state index in [9.17, 15) is 5.26 Å². The van der Waals surface area contributed by atoms with Gasteiger partial charge in [-0.15, -0.1) is 0 Å².